The van der Waals surface area contributed by atoms with Gasteiger partial charge in [0.2, 0.25) is 21.8 Å². The Bertz CT molecular complexity index is 1060. The summed E-state index contributed by atoms with van der Waals surface area (Å²) >= 11 is 0. The molecule has 2 aromatic rings. The summed E-state index contributed by atoms with van der Waals surface area (Å²) < 4.78 is 40.1. The van der Waals surface area contributed by atoms with Crippen LogP contribution in [0.2, 0.25) is 0 Å². The average molecular weight is 446 g/mol. The van der Waals surface area contributed by atoms with E-state index in [1.54, 1.807) is 12.1 Å². The highest BCUT2D eigenvalue weighted by molar-refractivity contribution is 7.89. The van der Waals surface area contributed by atoms with Gasteiger partial charge in [0.05, 0.1) is 10.8 Å². The molecule has 1 N–H and O–H groups in total. The molecule has 2 aromatic carbocycles. The van der Waals surface area contributed by atoms with Crippen molar-refractivity contribution < 1.29 is 22.4 Å². The Kier molecular flexibility index (Phi) is 6.06. The molecule has 0 unspecified atom stereocenters. The monoisotopic (exact) mass is 445 g/mol. The number of carbonyl (C=O) groups is 2. The van der Waals surface area contributed by atoms with Crippen LogP contribution in [-0.2, 0) is 19.6 Å². The normalized spacial score (nSPS) is 20.1. The van der Waals surface area contributed by atoms with Gasteiger partial charge < -0.3 is 10.2 Å². The van der Waals surface area contributed by atoms with Crippen LogP contribution in [0.1, 0.15) is 25.7 Å². The Balaban J connectivity index is 1.40. The van der Waals surface area contributed by atoms with E-state index in [-0.39, 0.29) is 29.7 Å². The topological polar surface area (TPSA) is 86.8 Å². The molecule has 2 heterocycles. The van der Waals surface area contributed by atoms with Crippen molar-refractivity contribution in [2.45, 2.75) is 30.6 Å². The predicted octanol–water partition coefficient (Wildman–Crippen LogP) is 2.99. The first kappa shape index (κ1) is 21.5. The van der Waals surface area contributed by atoms with Crippen molar-refractivity contribution in [3.05, 3.63) is 54.3 Å². The highest BCUT2D eigenvalue weighted by Crippen LogP contribution is 2.27. The van der Waals surface area contributed by atoms with Crippen LogP contribution in [0, 0.1) is 11.7 Å². The summed E-state index contributed by atoms with van der Waals surface area (Å²) in [7, 11) is -3.53. The highest BCUT2D eigenvalue weighted by atomic mass is 32.2. The number of hydrogen-bond acceptors (Lipinski definition) is 4. The number of nitrogens with one attached hydrogen (secondary N) is 1. The number of sulfonamides is 1. The molecule has 2 fully saturated rings. The number of rotatable bonds is 5. The predicted molar refractivity (Wildman–Crippen MR) is 115 cm³/mol. The summed E-state index contributed by atoms with van der Waals surface area (Å²) in [5.74, 6) is -1.45. The third kappa shape index (κ3) is 4.62. The zero-order chi connectivity index (χ0) is 22.0. The lowest BCUT2D eigenvalue weighted by molar-refractivity contribution is -0.122. The van der Waals surface area contributed by atoms with Crippen LogP contribution in [-0.4, -0.2) is 44.2 Å². The first-order chi connectivity index (χ1) is 14.8. The van der Waals surface area contributed by atoms with Crippen LogP contribution in [0.3, 0.4) is 0 Å². The number of hydrogen-bond donors (Lipinski definition) is 1. The van der Waals surface area contributed by atoms with Gasteiger partial charge in [-0.1, -0.05) is 6.42 Å². The largest absolute Gasteiger partial charge is 0.326 e. The molecule has 31 heavy (non-hydrogen) atoms. The van der Waals surface area contributed by atoms with Gasteiger partial charge >= 0.3 is 0 Å². The zero-order valence-corrected chi connectivity index (χ0v) is 17.8. The van der Waals surface area contributed by atoms with E-state index in [0.29, 0.717) is 24.5 Å². The molecule has 0 bridgehead atoms. The first-order valence-corrected chi connectivity index (χ1v) is 11.8. The smallest absolute Gasteiger partial charge is 0.243 e. The minimum atomic E-state index is -3.53. The maximum absolute atomic E-state index is 13.1. The molecule has 9 heteroatoms. The molecule has 2 aliphatic rings. The number of carbonyl (C=O) groups excluding carboxylic acids is 2. The molecule has 0 spiro atoms. The summed E-state index contributed by atoms with van der Waals surface area (Å²) in [6.45, 7) is 1.26. The molecule has 2 amide bonds. The van der Waals surface area contributed by atoms with Crippen molar-refractivity contribution in [1.29, 1.82) is 0 Å². The van der Waals surface area contributed by atoms with Crippen LogP contribution in [0.25, 0.3) is 0 Å². The van der Waals surface area contributed by atoms with Crippen molar-refractivity contribution in [3.63, 3.8) is 0 Å². The van der Waals surface area contributed by atoms with Crippen LogP contribution in [0.4, 0.5) is 15.8 Å². The lowest BCUT2D eigenvalue weighted by Crippen LogP contribution is -2.35. The fourth-order valence-electron chi connectivity index (χ4n) is 3.96. The van der Waals surface area contributed by atoms with E-state index in [0.717, 1.165) is 19.3 Å². The van der Waals surface area contributed by atoms with Crippen molar-refractivity contribution in [1.82, 2.24) is 4.31 Å². The summed E-state index contributed by atoms with van der Waals surface area (Å²) in [5, 5.41) is 2.76. The highest BCUT2D eigenvalue weighted by Gasteiger charge is 2.35. The minimum Gasteiger partial charge on any atom is -0.326 e. The van der Waals surface area contributed by atoms with E-state index in [2.05, 4.69) is 5.32 Å². The van der Waals surface area contributed by atoms with Crippen LogP contribution >= 0.6 is 0 Å². The van der Waals surface area contributed by atoms with Crippen LogP contribution in [0.15, 0.2) is 53.4 Å². The molecule has 4 rings (SSSR count). The summed E-state index contributed by atoms with van der Waals surface area (Å²) in [6, 6.07) is 11.7. The summed E-state index contributed by atoms with van der Waals surface area (Å²) in [6.07, 6.45) is 2.83. The van der Waals surface area contributed by atoms with E-state index in [4.69, 9.17) is 0 Å². The van der Waals surface area contributed by atoms with E-state index in [9.17, 15) is 22.4 Å². The Morgan fingerprint density at radius 2 is 1.61 bits per heavy atom. The SMILES string of the molecule is O=C(Nc1ccc(S(=O)(=O)N2CCCCC2)cc1)[C@H]1CC(=O)N(c2ccc(F)cc2)C1. The molecule has 2 aliphatic heterocycles. The van der Waals surface area contributed by atoms with Gasteiger partial charge in [0, 0.05) is 37.4 Å². The molecule has 0 aliphatic carbocycles. The fourth-order valence-corrected chi connectivity index (χ4v) is 5.48. The maximum Gasteiger partial charge on any atom is 0.243 e. The van der Waals surface area contributed by atoms with Gasteiger partial charge in [0.25, 0.3) is 0 Å². The van der Waals surface area contributed by atoms with Crippen molar-refractivity contribution >= 4 is 33.2 Å². The van der Waals surface area contributed by atoms with Crippen molar-refractivity contribution in [3.8, 4) is 0 Å². The Labute approximate surface area is 180 Å². The zero-order valence-electron chi connectivity index (χ0n) is 17.0. The van der Waals surface area contributed by atoms with Crippen LogP contribution < -0.4 is 10.2 Å². The van der Waals surface area contributed by atoms with E-state index >= 15 is 0 Å². The molecule has 0 radical (unpaired) electrons. The van der Waals surface area contributed by atoms with Gasteiger partial charge in [-0.3, -0.25) is 9.59 Å². The Morgan fingerprint density at radius 3 is 2.26 bits per heavy atom. The molecule has 0 saturated carbocycles. The van der Waals surface area contributed by atoms with Gasteiger partial charge in [-0.05, 0) is 61.4 Å². The van der Waals surface area contributed by atoms with Gasteiger partial charge in [-0.2, -0.15) is 4.31 Å². The number of amides is 2. The van der Waals surface area contributed by atoms with Crippen molar-refractivity contribution in [2.75, 3.05) is 29.9 Å². The van der Waals surface area contributed by atoms with Gasteiger partial charge in [0.15, 0.2) is 0 Å². The minimum absolute atomic E-state index is 0.0602. The molecule has 2 saturated heterocycles. The van der Waals surface area contributed by atoms with E-state index < -0.39 is 21.8 Å². The first-order valence-electron chi connectivity index (χ1n) is 10.3. The van der Waals surface area contributed by atoms with E-state index in [1.165, 1.54) is 45.6 Å². The Hall–Kier alpha value is -2.78. The molecule has 7 nitrogen and oxygen atoms in total. The lowest BCUT2D eigenvalue weighted by Gasteiger charge is -2.25. The van der Waals surface area contributed by atoms with Gasteiger partial charge in [-0.15, -0.1) is 0 Å². The average Bonchev–Trinajstić information content (AvgIpc) is 3.17. The number of anilines is 2. The second kappa shape index (κ2) is 8.76. The fraction of sp³-hybridized carbons (Fsp3) is 0.364. The second-order valence-electron chi connectivity index (χ2n) is 7.86. The molecule has 0 aromatic heterocycles. The van der Waals surface area contributed by atoms with E-state index in [1.807, 2.05) is 0 Å². The lowest BCUT2D eigenvalue weighted by atomic mass is 10.1. The summed E-state index contributed by atoms with van der Waals surface area (Å²) in [5.41, 5.74) is 1.02. The van der Waals surface area contributed by atoms with Crippen LogP contribution in [0.5, 0.6) is 0 Å². The molecular weight excluding hydrogens is 421 g/mol. The van der Waals surface area contributed by atoms with Crippen molar-refractivity contribution in [2.24, 2.45) is 5.92 Å². The number of halogens is 1. The number of piperidine rings is 1. The maximum atomic E-state index is 13.1. The van der Waals surface area contributed by atoms with Gasteiger partial charge in [0.1, 0.15) is 5.82 Å². The number of benzene rings is 2. The van der Waals surface area contributed by atoms with Gasteiger partial charge in [-0.25, -0.2) is 12.8 Å². The third-order valence-corrected chi connectivity index (χ3v) is 7.62. The quantitative estimate of drug-likeness (QED) is 0.767. The summed E-state index contributed by atoms with van der Waals surface area (Å²) in [4.78, 5) is 26.6. The standard InChI is InChI=1S/C22H24FN3O4S/c23-17-4-8-19(9-5-17)26-15-16(14-21(26)27)22(28)24-18-6-10-20(11-7-18)31(29,30)25-12-2-1-3-13-25/h4-11,16H,1-3,12-15H2,(H,24,28)/t16-/m0/s1. The molecular formula is C22H24FN3O4S. The molecule has 1 atom stereocenters. The molecule has 164 valence electrons. The number of nitrogens with zero attached hydrogens (tertiary/aromatic N) is 2. The second-order valence-corrected chi connectivity index (χ2v) is 9.80. The third-order valence-electron chi connectivity index (χ3n) is 5.71. The Morgan fingerprint density at radius 1 is 0.968 bits per heavy atom.